The van der Waals surface area contributed by atoms with Gasteiger partial charge in [-0.2, -0.15) is 0 Å². The van der Waals surface area contributed by atoms with Crippen LogP contribution in [-0.4, -0.2) is 31.7 Å². The predicted octanol–water partition coefficient (Wildman–Crippen LogP) is 2.39. The van der Waals surface area contributed by atoms with E-state index in [1.807, 2.05) is 11.8 Å². The maximum absolute atomic E-state index is 11.8. The molecular weight excluding hydrogens is 278 g/mol. The summed E-state index contributed by atoms with van der Waals surface area (Å²) in [7, 11) is -2.83. The Bertz CT molecular complexity index is 556. The van der Waals surface area contributed by atoms with Crippen LogP contribution < -0.4 is 5.32 Å². The third-order valence-electron chi connectivity index (χ3n) is 4.01. The summed E-state index contributed by atoms with van der Waals surface area (Å²) in [5, 5.41) is 3.31. The molecule has 1 saturated heterocycles. The Balaban J connectivity index is 1.69. The lowest BCUT2D eigenvalue weighted by molar-refractivity contribution is 0.495. The van der Waals surface area contributed by atoms with Gasteiger partial charge in [-0.25, -0.2) is 8.42 Å². The highest BCUT2D eigenvalue weighted by molar-refractivity contribution is 7.99. The van der Waals surface area contributed by atoms with Crippen molar-refractivity contribution >= 4 is 21.6 Å². The van der Waals surface area contributed by atoms with Crippen molar-refractivity contribution in [2.45, 2.75) is 35.4 Å². The SMILES string of the molecule is O=S1(=O)CCCC1CNC1CCSc2ccccc21. The molecule has 1 aromatic rings. The van der Waals surface area contributed by atoms with Crippen LogP contribution in [0.2, 0.25) is 0 Å². The molecule has 0 aromatic heterocycles. The molecule has 1 N–H and O–H groups in total. The maximum atomic E-state index is 11.8. The summed E-state index contributed by atoms with van der Waals surface area (Å²) in [5.41, 5.74) is 1.33. The molecule has 0 radical (unpaired) electrons. The van der Waals surface area contributed by atoms with Gasteiger partial charge in [-0.15, -0.1) is 11.8 Å². The van der Waals surface area contributed by atoms with Crippen molar-refractivity contribution in [1.29, 1.82) is 0 Å². The summed E-state index contributed by atoms with van der Waals surface area (Å²) in [5.74, 6) is 1.47. The molecule has 3 nitrogen and oxygen atoms in total. The first-order valence-electron chi connectivity index (χ1n) is 6.83. The molecule has 104 valence electrons. The van der Waals surface area contributed by atoms with Gasteiger partial charge in [-0.1, -0.05) is 18.2 Å². The second-order valence-electron chi connectivity index (χ2n) is 5.27. The summed E-state index contributed by atoms with van der Waals surface area (Å²) in [4.78, 5) is 1.33. The smallest absolute Gasteiger partial charge is 0.154 e. The molecule has 2 unspecified atom stereocenters. The fraction of sp³-hybridized carbons (Fsp3) is 0.571. The molecule has 0 bridgehead atoms. The summed E-state index contributed by atoms with van der Waals surface area (Å²) >= 11 is 1.89. The molecule has 2 aliphatic rings. The van der Waals surface area contributed by atoms with Crippen LogP contribution in [0.1, 0.15) is 30.9 Å². The molecular formula is C14H19NO2S2. The standard InChI is InChI=1S/C14H19NO2S2/c16-19(17)9-3-4-11(19)10-15-13-7-8-18-14-6-2-1-5-12(13)14/h1-2,5-6,11,13,15H,3-4,7-10H2. The number of sulfone groups is 1. The molecule has 5 heteroatoms. The lowest BCUT2D eigenvalue weighted by Gasteiger charge is -2.27. The van der Waals surface area contributed by atoms with E-state index in [1.54, 1.807) is 0 Å². The minimum atomic E-state index is -2.83. The molecule has 0 aliphatic carbocycles. The third kappa shape index (κ3) is 2.83. The fourth-order valence-electron chi connectivity index (χ4n) is 2.92. The molecule has 2 aliphatic heterocycles. The first-order valence-corrected chi connectivity index (χ1v) is 9.53. The summed E-state index contributed by atoms with van der Waals surface area (Å²) in [6, 6.07) is 8.75. The maximum Gasteiger partial charge on any atom is 0.154 e. The topological polar surface area (TPSA) is 46.2 Å². The highest BCUT2D eigenvalue weighted by Crippen LogP contribution is 2.36. The van der Waals surface area contributed by atoms with Crippen LogP contribution in [-0.2, 0) is 9.84 Å². The van der Waals surface area contributed by atoms with Crippen molar-refractivity contribution < 1.29 is 8.42 Å². The van der Waals surface area contributed by atoms with Crippen molar-refractivity contribution in [3.8, 4) is 0 Å². The van der Waals surface area contributed by atoms with Crippen molar-refractivity contribution in [3.63, 3.8) is 0 Å². The molecule has 2 heterocycles. The van der Waals surface area contributed by atoms with E-state index in [2.05, 4.69) is 29.6 Å². The van der Waals surface area contributed by atoms with Crippen LogP contribution in [0.4, 0.5) is 0 Å². The molecule has 0 saturated carbocycles. The number of benzene rings is 1. The lowest BCUT2D eigenvalue weighted by Crippen LogP contribution is -2.34. The Labute approximate surface area is 119 Å². The van der Waals surface area contributed by atoms with Gasteiger partial charge in [-0.05, 0) is 36.6 Å². The summed E-state index contributed by atoms with van der Waals surface area (Å²) < 4.78 is 23.7. The molecule has 0 amide bonds. The van der Waals surface area contributed by atoms with Crippen molar-refractivity contribution in [3.05, 3.63) is 29.8 Å². The number of hydrogen-bond acceptors (Lipinski definition) is 4. The van der Waals surface area contributed by atoms with Crippen LogP contribution in [0, 0.1) is 0 Å². The number of fused-ring (bicyclic) bond motifs is 1. The van der Waals surface area contributed by atoms with E-state index >= 15 is 0 Å². The van der Waals surface area contributed by atoms with Gasteiger partial charge in [0.1, 0.15) is 0 Å². The van der Waals surface area contributed by atoms with Crippen molar-refractivity contribution in [1.82, 2.24) is 5.32 Å². The van der Waals surface area contributed by atoms with Crippen molar-refractivity contribution in [2.75, 3.05) is 18.1 Å². The van der Waals surface area contributed by atoms with Crippen LogP contribution in [0.25, 0.3) is 0 Å². The van der Waals surface area contributed by atoms with Gasteiger partial charge in [0.15, 0.2) is 9.84 Å². The number of hydrogen-bond donors (Lipinski definition) is 1. The van der Waals surface area contributed by atoms with Gasteiger partial charge < -0.3 is 5.32 Å². The van der Waals surface area contributed by atoms with Gasteiger partial charge >= 0.3 is 0 Å². The lowest BCUT2D eigenvalue weighted by atomic mass is 10.0. The van der Waals surface area contributed by atoms with E-state index in [1.165, 1.54) is 10.5 Å². The van der Waals surface area contributed by atoms with Crippen molar-refractivity contribution in [2.24, 2.45) is 0 Å². The van der Waals surface area contributed by atoms with Crippen LogP contribution >= 0.6 is 11.8 Å². The highest BCUT2D eigenvalue weighted by atomic mass is 32.2. The Morgan fingerprint density at radius 1 is 1.26 bits per heavy atom. The zero-order chi connectivity index (χ0) is 13.3. The number of thioether (sulfide) groups is 1. The molecule has 1 aromatic carbocycles. The zero-order valence-electron chi connectivity index (χ0n) is 10.8. The monoisotopic (exact) mass is 297 g/mol. The Hall–Kier alpha value is -0.520. The number of rotatable bonds is 3. The van der Waals surface area contributed by atoms with E-state index in [0.29, 0.717) is 18.3 Å². The highest BCUT2D eigenvalue weighted by Gasteiger charge is 2.32. The Morgan fingerprint density at radius 2 is 2.11 bits per heavy atom. The third-order valence-corrected chi connectivity index (χ3v) is 7.41. The normalized spacial score (nSPS) is 29.1. The zero-order valence-corrected chi connectivity index (χ0v) is 12.5. The second kappa shape index (κ2) is 5.46. The Morgan fingerprint density at radius 3 is 2.89 bits per heavy atom. The van der Waals surface area contributed by atoms with E-state index < -0.39 is 9.84 Å². The van der Waals surface area contributed by atoms with E-state index in [0.717, 1.165) is 25.0 Å². The van der Waals surface area contributed by atoms with Gasteiger partial charge in [0.05, 0.1) is 11.0 Å². The van der Waals surface area contributed by atoms with Gasteiger partial charge in [-0.3, -0.25) is 0 Å². The quantitative estimate of drug-likeness (QED) is 0.930. The molecule has 3 rings (SSSR count). The molecule has 19 heavy (non-hydrogen) atoms. The molecule has 0 spiro atoms. The predicted molar refractivity (Wildman–Crippen MR) is 79.3 cm³/mol. The van der Waals surface area contributed by atoms with Gasteiger partial charge in [0, 0.05) is 17.5 Å². The van der Waals surface area contributed by atoms with Gasteiger partial charge in [0.25, 0.3) is 0 Å². The Kier molecular flexibility index (Phi) is 3.87. The van der Waals surface area contributed by atoms with Crippen LogP contribution in [0.3, 0.4) is 0 Å². The molecule has 1 fully saturated rings. The van der Waals surface area contributed by atoms with E-state index in [-0.39, 0.29) is 5.25 Å². The average molecular weight is 297 g/mol. The fourth-order valence-corrected chi connectivity index (χ4v) is 5.82. The first kappa shape index (κ1) is 13.5. The average Bonchev–Trinajstić information content (AvgIpc) is 2.75. The minimum Gasteiger partial charge on any atom is -0.309 e. The second-order valence-corrected chi connectivity index (χ2v) is 8.80. The molecule has 2 atom stereocenters. The summed E-state index contributed by atoms with van der Waals surface area (Å²) in [6.45, 7) is 0.603. The number of nitrogens with one attached hydrogen (secondary N) is 1. The largest absolute Gasteiger partial charge is 0.309 e. The van der Waals surface area contributed by atoms with Crippen LogP contribution in [0.5, 0.6) is 0 Å². The van der Waals surface area contributed by atoms with Gasteiger partial charge in [0.2, 0.25) is 0 Å². The van der Waals surface area contributed by atoms with E-state index in [4.69, 9.17) is 0 Å². The minimum absolute atomic E-state index is 0.172. The van der Waals surface area contributed by atoms with Crippen LogP contribution in [0.15, 0.2) is 29.2 Å². The van der Waals surface area contributed by atoms with E-state index in [9.17, 15) is 8.42 Å². The summed E-state index contributed by atoms with van der Waals surface area (Å²) in [6.07, 6.45) is 2.72. The first-order chi connectivity index (χ1) is 9.17.